The highest BCUT2D eigenvalue weighted by Gasteiger charge is 2.43. The van der Waals surface area contributed by atoms with E-state index in [0.717, 1.165) is 13.1 Å². The molecule has 7 nitrogen and oxygen atoms in total. The molecule has 0 aromatic heterocycles. The van der Waals surface area contributed by atoms with Crippen molar-refractivity contribution >= 4 is 11.9 Å². The largest absolute Gasteiger partial charge is 0.481 e. The van der Waals surface area contributed by atoms with Gasteiger partial charge in [0.05, 0.1) is 31.3 Å². The van der Waals surface area contributed by atoms with Gasteiger partial charge in [0.1, 0.15) is 5.92 Å². The van der Waals surface area contributed by atoms with Crippen molar-refractivity contribution in [1.29, 1.82) is 0 Å². The first-order chi connectivity index (χ1) is 9.59. The number of hydrogen-bond acceptors (Lipinski definition) is 5. The van der Waals surface area contributed by atoms with Crippen LogP contribution in [0.1, 0.15) is 12.8 Å². The molecule has 0 radical (unpaired) electrons. The van der Waals surface area contributed by atoms with Gasteiger partial charge in [-0.15, -0.1) is 0 Å². The zero-order valence-electron chi connectivity index (χ0n) is 11.7. The molecule has 7 heteroatoms. The predicted octanol–water partition coefficient (Wildman–Crippen LogP) is -0.782. The van der Waals surface area contributed by atoms with E-state index in [9.17, 15) is 9.59 Å². The summed E-state index contributed by atoms with van der Waals surface area (Å²) in [6.45, 7) is 2.29. The summed E-state index contributed by atoms with van der Waals surface area (Å²) in [6.07, 6.45) is 1.38. The number of carboxylic acid groups (broad SMARTS) is 1. The number of piperidine rings is 1. The Morgan fingerprint density at radius 2 is 2.10 bits per heavy atom. The molecule has 3 N–H and O–H groups in total. The van der Waals surface area contributed by atoms with Gasteiger partial charge in [-0.3, -0.25) is 9.59 Å². The number of methoxy groups -OCH3 is 1. The number of amides is 1. The van der Waals surface area contributed by atoms with E-state index in [-0.39, 0.29) is 19.1 Å². The van der Waals surface area contributed by atoms with Crippen LogP contribution in [0.3, 0.4) is 0 Å². The maximum atomic E-state index is 12.6. The molecular weight excluding hydrogens is 264 g/mol. The predicted molar refractivity (Wildman–Crippen MR) is 70.3 cm³/mol. The zero-order chi connectivity index (χ0) is 14.6. The topological polar surface area (TPSA) is 96.9 Å². The molecule has 1 amide bonds. The summed E-state index contributed by atoms with van der Waals surface area (Å²) in [5.41, 5.74) is -0.564. The van der Waals surface area contributed by atoms with Gasteiger partial charge in [0, 0.05) is 7.11 Å². The number of nitrogens with one attached hydrogen (secondary N) is 2. The van der Waals surface area contributed by atoms with Gasteiger partial charge in [-0.1, -0.05) is 0 Å². The molecule has 2 rings (SSSR count). The Balaban J connectivity index is 2.03. The average Bonchev–Trinajstić information content (AvgIpc) is 2.88. The fraction of sp³-hybridized carbons (Fsp3) is 0.846. The SMILES string of the molecule is COCC1(C(=O)NC2COCC2C(=O)O)CCNCC1. The average molecular weight is 286 g/mol. The minimum atomic E-state index is -0.932. The standard InChI is InChI=1S/C13H22N2O5/c1-19-8-13(2-4-14-5-3-13)12(18)15-10-7-20-6-9(10)11(16)17/h9-10,14H,2-8H2,1H3,(H,15,18)(H,16,17). The van der Waals surface area contributed by atoms with Crippen molar-refractivity contribution in [2.24, 2.45) is 11.3 Å². The molecule has 114 valence electrons. The number of carbonyl (C=O) groups is 2. The zero-order valence-corrected chi connectivity index (χ0v) is 11.7. The van der Waals surface area contributed by atoms with Gasteiger partial charge in [0.25, 0.3) is 0 Å². The van der Waals surface area contributed by atoms with Gasteiger partial charge >= 0.3 is 5.97 Å². The Morgan fingerprint density at radius 3 is 2.70 bits per heavy atom. The minimum Gasteiger partial charge on any atom is -0.481 e. The van der Waals surface area contributed by atoms with Crippen LogP contribution >= 0.6 is 0 Å². The Labute approximate surface area is 118 Å². The van der Waals surface area contributed by atoms with Crippen molar-refractivity contribution in [2.75, 3.05) is 40.0 Å². The lowest BCUT2D eigenvalue weighted by atomic mass is 9.78. The summed E-state index contributed by atoms with van der Waals surface area (Å²) in [4.78, 5) is 23.7. The second-order valence-electron chi connectivity index (χ2n) is 5.53. The molecule has 2 saturated heterocycles. The highest BCUT2D eigenvalue weighted by Crippen LogP contribution is 2.30. The van der Waals surface area contributed by atoms with Gasteiger partial charge in [0.2, 0.25) is 5.91 Å². The summed E-state index contributed by atoms with van der Waals surface area (Å²) in [5.74, 6) is -1.72. The molecule has 20 heavy (non-hydrogen) atoms. The molecule has 0 spiro atoms. The van der Waals surface area contributed by atoms with E-state index in [2.05, 4.69) is 10.6 Å². The monoisotopic (exact) mass is 286 g/mol. The Hall–Kier alpha value is -1.18. The van der Waals surface area contributed by atoms with Gasteiger partial charge < -0.3 is 25.2 Å². The van der Waals surface area contributed by atoms with Crippen LogP contribution in [0.15, 0.2) is 0 Å². The molecule has 2 aliphatic heterocycles. The molecule has 2 fully saturated rings. The third-order valence-corrected chi connectivity index (χ3v) is 4.18. The minimum absolute atomic E-state index is 0.123. The summed E-state index contributed by atoms with van der Waals surface area (Å²) < 4.78 is 10.4. The van der Waals surface area contributed by atoms with Crippen LogP contribution in [0.25, 0.3) is 0 Å². The number of hydrogen-bond donors (Lipinski definition) is 3. The first-order valence-corrected chi connectivity index (χ1v) is 6.90. The molecular formula is C13H22N2O5. The van der Waals surface area contributed by atoms with Crippen LogP contribution in [0, 0.1) is 11.3 Å². The number of rotatable bonds is 5. The van der Waals surface area contributed by atoms with Gasteiger partial charge in [-0.2, -0.15) is 0 Å². The van der Waals surface area contributed by atoms with Gasteiger partial charge in [-0.25, -0.2) is 0 Å². The second-order valence-corrected chi connectivity index (χ2v) is 5.53. The number of carbonyl (C=O) groups excluding carboxylic acids is 1. The summed E-state index contributed by atoms with van der Waals surface area (Å²) in [7, 11) is 1.58. The van der Waals surface area contributed by atoms with E-state index in [1.54, 1.807) is 7.11 Å². The molecule has 2 heterocycles. The van der Waals surface area contributed by atoms with Crippen LogP contribution in [-0.2, 0) is 19.1 Å². The fourth-order valence-electron chi connectivity index (χ4n) is 2.88. The highest BCUT2D eigenvalue weighted by molar-refractivity contribution is 5.84. The normalized spacial score (nSPS) is 29.1. The van der Waals surface area contributed by atoms with E-state index in [1.165, 1.54) is 0 Å². The molecule has 2 aliphatic rings. The van der Waals surface area contributed by atoms with E-state index in [4.69, 9.17) is 14.6 Å². The van der Waals surface area contributed by atoms with Crippen LogP contribution in [0.2, 0.25) is 0 Å². The Morgan fingerprint density at radius 1 is 1.40 bits per heavy atom. The maximum Gasteiger partial charge on any atom is 0.311 e. The molecule has 0 saturated carbocycles. The Kier molecular flexibility index (Phi) is 4.95. The van der Waals surface area contributed by atoms with E-state index in [1.807, 2.05) is 0 Å². The number of carboxylic acids is 1. The number of ether oxygens (including phenoxy) is 2. The van der Waals surface area contributed by atoms with Gasteiger partial charge in [-0.05, 0) is 25.9 Å². The molecule has 0 aliphatic carbocycles. The molecule has 0 aromatic rings. The summed E-state index contributed by atoms with van der Waals surface area (Å²) in [6, 6.07) is -0.455. The van der Waals surface area contributed by atoms with E-state index in [0.29, 0.717) is 19.4 Å². The van der Waals surface area contributed by atoms with Crippen LogP contribution in [0.5, 0.6) is 0 Å². The lowest BCUT2D eigenvalue weighted by molar-refractivity contribution is -0.143. The van der Waals surface area contributed by atoms with Crippen molar-refractivity contribution in [2.45, 2.75) is 18.9 Å². The summed E-state index contributed by atoms with van der Waals surface area (Å²) in [5, 5.41) is 15.2. The highest BCUT2D eigenvalue weighted by atomic mass is 16.5. The molecule has 2 atom stereocenters. The quantitative estimate of drug-likeness (QED) is 0.613. The van der Waals surface area contributed by atoms with E-state index < -0.39 is 23.3 Å². The molecule has 0 aromatic carbocycles. The fourth-order valence-corrected chi connectivity index (χ4v) is 2.88. The van der Waals surface area contributed by atoms with E-state index >= 15 is 0 Å². The first-order valence-electron chi connectivity index (χ1n) is 6.90. The van der Waals surface area contributed by atoms with Crippen LogP contribution < -0.4 is 10.6 Å². The maximum absolute atomic E-state index is 12.6. The van der Waals surface area contributed by atoms with Crippen molar-refractivity contribution in [3.63, 3.8) is 0 Å². The van der Waals surface area contributed by atoms with Crippen molar-refractivity contribution < 1.29 is 24.2 Å². The summed E-state index contributed by atoms with van der Waals surface area (Å²) >= 11 is 0. The van der Waals surface area contributed by atoms with Crippen molar-refractivity contribution in [3.05, 3.63) is 0 Å². The van der Waals surface area contributed by atoms with Crippen molar-refractivity contribution in [1.82, 2.24) is 10.6 Å². The molecule has 0 bridgehead atoms. The third kappa shape index (κ3) is 3.11. The third-order valence-electron chi connectivity index (χ3n) is 4.18. The van der Waals surface area contributed by atoms with Gasteiger partial charge in [0.15, 0.2) is 0 Å². The molecule has 2 unspecified atom stereocenters. The second kappa shape index (κ2) is 6.51. The Bertz CT molecular complexity index is 362. The number of aliphatic carboxylic acids is 1. The van der Waals surface area contributed by atoms with Crippen LogP contribution in [0.4, 0.5) is 0 Å². The van der Waals surface area contributed by atoms with Crippen LogP contribution in [-0.4, -0.2) is 63.0 Å². The smallest absolute Gasteiger partial charge is 0.311 e. The lowest BCUT2D eigenvalue weighted by Gasteiger charge is -2.36. The first kappa shape index (κ1) is 15.2. The van der Waals surface area contributed by atoms with Crippen molar-refractivity contribution in [3.8, 4) is 0 Å². The lowest BCUT2D eigenvalue weighted by Crippen LogP contribution is -2.54.